The lowest BCUT2D eigenvalue weighted by Crippen LogP contribution is -2.64. The number of amides is 1. The Hall–Kier alpha value is -3.92. The standard InChI is InChI=1S/C21H23N7O3/c1-14-18(21(2,3)13-23)28(20(29)30)7-6-27(14)19-25-10-17(11-26-19)31-12-15-4-5-24-9-16(15)8-22/h4-5,9-11,14,18H,6-7,12H2,1-3H3,(H,29,30). The van der Waals surface area contributed by atoms with Crippen molar-refractivity contribution in [3.05, 3.63) is 42.0 Å². The van der Waals surface area contributed by atoms with Crippen LogP contribution >= 0.6 is 0 Å². The number of carboxylic acid groups (broad SMARTS) is 1. The third-order valence-corrected chi connectivity index (χ3v) is 5.44. The maximum atomic E-state index is 11.7. The van der Waals surface area contributed by atoms with Crippen LogP contribution in [0.3, 0.4) is 0 Å². The molecule has 1 N–H and O–H groups in total. The summed E-state index contributed by atoms with van der Waals surface area (Å²) in [7, 11) is 0. The summed E-state index contributed by atoms with van der Waals surface area (Å²) < 4.78 is 5.69. The Bertz CT molecular complexity index is 1030. The number of hydrogen-bond acceptors (Lipinski definition) is 8. The highest BCUT2D eigenvalue weighted by atomic mass is 16.5. The monoisotopic (exact) mass is 421 g/mol. The van der Waals surface area contributed by atoms with Gasteiger partial charge in [0.2, 0.25) is 5.95 Å². The van der Waals surface area contributed by atoms with Gasteiger partial charge in [-0.15, -0.1) is 0 Å². The van der Waals surface area contributed by atoms with Gasteiger partial charge >= 0.3 is 6.09 Å². The van der Waals surface area contributed by atoms with Gasteiger partial charge in [-0.25, -0.2) is 14.8 Å². The molecule has 0 radical (unpaired) electrons. The summed E-state index contributed by atoms with van der Waals surface area (Å²) in [4.78, 5) is 27.6. The molecule has 2 aromatic rings. The van der Waals surface area contributed by atoms with Crippen molar-refractivity contribution in [2.45, 2.75) is 39.5 Å². The van der Waals surface area contributed by atoms with Crippen LogP contribution in [0, 0.1) is 28.1 Å². The summed E-state index contributed by atoms with van der Waals surface area (Å²) in [6, 6.07) is 5.17. The number of piperazine rings is 1. The third kappa shape index (κ3) is 4.48. The summed E-state index contributed by atoms with van der Waals surface area (Å²) in [5.74, 6) is 0.875. The average Bonchev–Trinajstić information content (AvgIpc) is 2.77. The second-order valence-electron chi connectivity index (χ2n) is 7.84. The van der Waals surface area contributed by atoms with E-state index >= 15 is 0 Å². The molecule has 1 fully saturated rings. The number of anilines is 1. The molecule has 0 bridgehead atoms. The van der Waals surface area contributed by atoms with Crippen molar-refractivity contribution < 1.29 is 14.6 Å². The van der Waals surface area contributed by atoms with E-state index in [1.807, 2.05) is 11.8 Å². The number of nitriles is 2. The molecule has 160 valence electrons. The van der Waals surface area contributed by atoms with Gasteiger partial charge in [0.05, 0.1) is 41.5 Å². The van der Waals surface area contributed by atoms with E-state index in [4.69, 9.17) is 10.00 Å². The minimum absolute atomic E-state index is 0.181. The molecular formula is C21H23N7O3. The van der Waals surface area contributed by atoms with Crippen LogP contribution in [-0.4, -0.2) is 56.2 Å². The van der Waals surface area contributed by atoms with Crippen molar-refractivity contribution in [1.82, 2.24) is 19.9 Å². The molecule has 31 heavy (non-hydrogen) atoms. The molecule has 3 rings (SSSR count). The zero-order valence-electron chi connectivity index (χ0n) is 17.6. The lowest BCUT2D eigenvalue weighted by atomic mass is 9.79. The maximum absolute atomic E-state index is 11.7. The van der Waals surface area contributed by atoms with Crippen LogP contribution in [0.1, 0.15) is 31.9 Å². The van der Waals surface area contributed by atoms with E-state index < -0.39 is 17.6 Å². The molecule has 1 aliphatic rings. The van der Waals surface area contributed by atoms with E-state index in [2.05, 4.69) is 27.1 Å². The first kappa shape index (κ1) is 21.8. The minimum atomic E-state index is -1.04. The maximum Gasteiger partial charge on any atom is 0.407 e. The number of hydrogen-bond donors (Lipinski definition) is 1. The normalized spacial score (nSPS) is 18.7. The van der Waals surface area contributed by atoms with Gasteiger partial charge in [-0.3, -0.25) is 9.88 Å². The zero-order valence-corrected chi connectivity index (χ0v) is 17.6. The van der Waals surface area contributed by atoms with Gasteiger partial charge in [-0.1, -0.05) is 0 Å². The smallest absolute Gasteiger partial charge is 0.407 e. The number of aromatic nitrogens is 3. The Balaban J connectivity index is 1.75. The Morgan fingerprint density at radius 1 is 1.29 bits per heavy atom. The van der Waals surface area contributed by atoms with Gasteiger partial charge in [0, 0.05) is 31.0 Å². The fourth-order valence-corrected chi connectivity index (χ4v) is 3.89. The molecule has 10 heteroatoms. The molecule has 10 nitrogen and oxygen atoms in total. The molecule has 2 unspecified atom stereocenters. The van der Waals surface area contributed by atoms with Crippen molar-refractivity contribution >= 4 is 12.0 Å². The van der Waals surface area contributed by atoms with E-state index in [1.165, 1.54) is 23.5 Å². The van der Waals surface area contributed by atoms with Crippen molar-refractivity contribution in [3.8, 4) is 17.9 Å². The molecule has 1 aliphatic heterocycles. The van der Waals surface area contributed by atoms with E-state index in [9.17, 15) is 15.2 Å². The van der Waals surface area contributed by atoms with Crippen molar-refractivity contribution in [3.63, 3.8) is 0 Å². The summed E-state index contributed by atoms with van der Waals surface area (Å²) in [5, 5.41) is 28.3. The SMILES string of the molecule is CC1C(C(C)(C)C#N)N(C(=O)O)CCN1c1ncc(OCc2ccncc2C#N)cn1. The van der Waals surface area contributed by atoms with Crippen LogP contribution in [-0.2, 0) is 6.61 Å². The predicted octanol–water partition coefficient (Wildman–Crippen LogP) is 2.43. The van der Waals surface area contributed by atoms with Crippen LogP contribution in [0.25, 0.3) is 0 Å². The summed E-state index contributed by atoms with van der Waals surface area (Å²) in [5.41, 5.74) is 0.264. The van der Waals surface area contributed by atoms with Gasteiger partial charge in [-0.05, 0) is 26.8 Å². The minimum Gasteiger partial charge on any atom is -0.486 e. The van der Waals surface area contributed by atoms with Crippen LogP contribution in [0.4, 0.5) is 10.7 Å². The fourth-order valence-electron chi connectivity index (χ4n) is 3.89. The van der Waals surface area contributed by atoms with E-state index in [1.54, 1.807) is 26.1 Å². The Kier molecular flexibility index (Phi) is 6.21. The lowest BCUT2D eigenvalue weighted by molar-refractivity contribution is 0.0689. The molecule has 1 saturated heterocycles. The van der Waals surface area contributed by atoms with Crippen LogP contribution in [0.2, 0.25) is 0 Å². The molecule has 3 heterocycles. The Labute approximate surface area is 180 Å². The van der Waals surface area contributed by atoms with Gasteiger partial charge in [-0.2, -0.15) is 10.5 Å². The predicted molar refractivity (Wildman–Crippen MR) is 110 cm³/mol. The van der Waals surface area contributed by atoms with Crippen molar-refractivity contribution in [2.75, 3.05) is 18.0 Å². The Morgan fingerprint density at radius 3 is 2.61 bits per heavy atom. The first-order valence-corrected chi connectivity index (χ1v) is 9.73. The molecule has 0 aliphatic carbocycles. The van der Waals surface area contributed by atoms with Gasteiger partial charge < -0.3 is 14.7 Å². The summed E-state index contributed by atoms with van der Waals surface area (Å²) in [6.07, 6.45) is 5.11. The number of pyridine rings is 1. The van der Waals surface area contributed by atoms with E-state index in [-0.39, 0.29) is 19.2 Å². The fraction of sp³-hybridized carbons (Fsp3) is 0.429. The zero-order chi connectivity index (χ0) is 22.6. The first-order chi connectivity index (χ1) is 14.8. The van der Waals surface area contributed by atoms with Crippen LogP contribution in [0.5, 0.6) is 5.75 Å². The average molecular weight is 421 g/mol. The molecule has 2 aromatic heterocycles. The highest BCUT2D eigenvalue weighted by molar-refractivity contribution is 5.66. The highest BCUT2D eigenvalue weighted by Crippen LogP contribution is 2.33. The molecule has 2 atom stereocenters. The molecule has 0 aromatic carbocycles. The molecule has 0 saturated carbocycles. The van der Waals surface area contributed by atoms with Crippen LogP contribution in [0.15, 0.2) is 30.9 Å². The third-order valence-electron chi connectivity index (χ3n) is 5.44. The Morgan fingerprint density at radius 2 is 2.00 bits per heavy atom. The second-order valence-corrected chi connectivity index (χ2v) is 7.84. The number of nitrogens with zero attached hydrogens (tertiary/aromatic N) is 7. The highest BCUT2D eigenvalue weighted by Gasteiger charge is 2.46. The topological polar surface area (TPSA) is 139 Å². The van der Waals surface area contributed by atoms with Gasteiger partial charge in [0.15, 0.2) is 5.75 Å². The van der Waals surface area contributed by atoms with Crippen molar-refractivity contribution in [1.29, 1.82) is 10.5 Å². The van der Waals surface area contributed by atoms with Gasteiger partial charge in [0.1, 0.15) is 12.7 Å². The number of rotatable bonds is 5. The van der Waals surface area contributed by atoms with E-state index in [0.717, 1.165) is 0 Å². The largest absolute Gasteiger partial charge is 0.486 e. The lowest BCUT2D eigenvalue weighted by Gasteiger charge is -2.49. The van der Waals surface area contributed by atoms with Crippen LogP contribution < -0.4 is 9.64 Å². The van der Waals surface area contributed by atoms with Crippen molar-refractivity contribution in [2.24, 2.45) is 5.41 Å². The second kappa shape index (κ2) is 8.84. The molecule has 1 amide bonds. The quantitative estimate of drug-likeness (QED) is 0.770. The van der Waals surface area contributed by atoms with Gasteiger partial charge in [0.25, 0.3) is 0 Å². The first-order valence-electron chi connectivity index (χ1n) is 9.73. The molecule has 0 spiro atoms. The summed E-state index contributed by atoms with van der Waals surface area (Å²) >= 11 is 0. The van der Waals surface area contributed by atoms with E-state index in [0.29, 0.717) is 29.4 Å². The molecular weight excluding hydrogens is 398 g/mol. The number of carbonyl (C=O) groups is 1. The number of ether oxygens (including phenoxy) is 1. The summed E-state index contributed by atoms with van der Waals surface area (Å²) in [6.45, 7) is 6.18.